The summed E-state index contributed by atoms with van der Waals surface area (Å²) in [5, 5.41) is 3.40. The third kappa shape index (κ3) is 2.15. The molecular formula is C19H31NO2. The van der Waals surface area contributed by atoms with Crippen LogP contribution in [0.1, 0.15) is 79.6 Å². The first kappa shape index (κ1) is 16.0. The van der Waals surface area contributed by atoms with E-state index in [-0.39, 0.29) is 33.6 Å². The van der Waals surface area contributed by atoms with Crippen LogP contribution in [-0.4, -0.2) is 17.7 Å². The maximum atomic E-state index is 13.0. The number of rotatable bonds is 3. The lowest BCUT2D eigenvalue weighted by Crippen LogP contribution is -2.66. The summed E-state index contributed by atoms with van der Waals surface area (Å²) in [5.41, 5.74) is 0.0978. The Balaban J connectivity index is 1.71. The predicted molar refractivity (Wildman–Crippen MR) is 87.4 cm³/mol. The molecule has 0 aliphatic heterocycles. The van der Waals surface area contributed by atoms with Crippen LogP contribution in [0.4, 0.5) is 0 Å². The zero-order chi connectivity index (χ0) is 16.4. The highest BCUT2D eigenvalue weighted by Gasteiger charge is 2.58. The molecule has 4 aliphatic carbocycles. The van der Waals surface area contributed by atoms with Crippen LogP contribution in [0.2, 0.25) is 0 Å². The minimum atomic E-state index is -0.195. The third-order valence-electron chi connectivity index (χ3n) is 7.22. The molecule has 0 unspecified atom stereocenters. The molecule has 3 heteroatoms. The van der Waals surface area contributed by atoms with Crippen molar-refractivity contribution in [2.75, 3.05) is 0 Å². The molecule has 0 aromatic carbocycles. The van der Waals surface area contributed by atoms with Crippen LogP contribution >= 0.6 is 0 Å². The fourth-order valence-corrected chi connectivity index (χ4v) is 6.03. The number of ketones is 1. The Morgan fingerprint density at radius 3 is 1.59 bits per heavy atom. The number of hydrogen-bond acceptors (Lipinski definition) is 2. The zero-order valence-electron chi connectivity index (χ0n) is 14.8. The van der Waals surface area contributed by atoms with E-state index in [0.29, 0.717) is 5.78 Å². The van der Waals surface area contributed by atoms with Gasteiger partial charge in [-0.3, -0.25) is 9.59 Å². The normalized spacial score (nSPS) is 39.1. The quantitative estimate of drug-likeness (QED) is 0.860. The molecule has 1 N–H and O–H groups in total. The highest BCUT2D eigenvalue weighted by molar-refractivity contribution is 5.87. The topological polar surface area (TPSA) is 46.2 Å². The molecule has 124 valence electrons. The first-order chi connectivity index (χ1) is 10.0. The molecule has 0 saturated heterocycles. The molecule has 4 rings (SSSR count). The summed E-state index contributed by atoms with van der Waals surface area (Å²) in [6.45, 7) is 10.7. The van der Waals surface area contributed by atoms with Gasteiger partial charge in [-0.1, -0.05) is 27.7 Å². The lowest BCUT2D eigenvalue weighted by molar-refractivity contribution is -0.153. The Hall–Kier alpha value is -0.860. The van der Waals surface area contributed by atoms with Gasteiger partial charge in [-0.05, 0) is 62.7 Å². The van der Waals surface area contributed by atoms with Crippen molar-refractivity contribution in [1.82, 2.24) is 5.32 Å². The monoisotopic (exact) mass is 305 g/mol. The molecule has 1 amide bonds. The van der Waals surface area contributed by atoms with E-state index in [9.17, 15) is 9.59 Å². The molecule has 2 bridgehead atoms. The molecule has 0 atom stereocenters. The van der Waals surface area contributed by atoms with Crippen molar-refractivity contribution < 1.29 is 9.59 Å². The average Bonchev–Trinajstić information content (AvgIpc) is 2.45. The van der Waals surface area contributed by atoms with Crippen LogP contribution in [-0.2, 0) is 9.59 Å². The Morgan fingerprint density at radius 2 is 1.23 bits per heavy atom. The summed E-state index contributed by atoms with van der Waals surface area (Å²) >= 11 is 0. The highest BCUT2D eigenvalue weighted by atomic mass is 16.2. The summed E-state index contributed by atoms with van der Waals surface area (Å²) in [6, 6.07) is 0.267. The van der Waals surface area contributed by atoms with Gasteiger partial charge in [-0.2, -0.15) is 0 Å². The Labute approximate surface area is 134 Å². The zero-order valence-corrected chi connectivity index (χ0v) is 14.8. The van der Waals surface area contributed by atoms with Crippen molar-refractivity contribution in [3.63, 3.8) is 0 Å². The number of nitrogens with one attached hydrogen (secondary N) is 1. The largest absolute Gasteiger partial charge is 0.352 e. The van der Waals surface area contributed by atoms with E-state index in [1.807, 2.05) is 0 Å². The lowest BCUT2D eigenvalue weighted by atomic mass is 9.50. The van der Waals surface area contributed by atoms with Gasteiger partial charge in [0.05, 0.1) is 0 Å². The van der Waals surface area contributed by atoms with E-state index in [1.54, 1.807) is 6.92 Å². The van der Waals surface area contributed by atoms with Crippen LogP contribution in [0, 0.1) is 21.7 Å². The minimum Gasteiger partial charge on any atom is -0.352 e. The third-order valence-corrected chi connectivity index (χ3v) is 7.22. The molecule has 0 heterocycles. The summed E-state index contributed by atoms with van der Waals surface area (Å²) in [4.78, 5) is 25.0. The number of carbonyl (C=O) groups excluding carboxylic acids is 2. The maximum Gasteiger partial charge on any atom is 0.226 e. The van der Waals surface area contributed by atoms with E-state index < -0.39 is 0 Å². The van der Waals surface area contributed by atoms with E-state index >= 15 is 0 Å². The number of fused-ring (bicyclic) bond motifs is 3. The van der Waals surface area contributed by atoms with Crippen LogP contribution < -0.4 is 5.32 Å². The van der Waals surface area contributed by atoms with Crippen molar-refractivity contribution in [3.8, 4) is 0 Å². The van der Waals surface area contributed by atoms with Gasteiger partial charge < -0.3 is 5.32 Å². The summed E-state index contributed by atoms with van der Waals surface area (Å²) in [6.07, 6.45) is 6.57. The molecule has 22 heavy (non-hydrogen) atoms. The van der Waals surface area contributed by atoms with Gasteiger partial charge in [0.15, 0.2) is 0 Å². The molecule has 0 aromatic rings. The van der Waals surface area contributed by atoms with Crippen molar-refractivity contribution in [1.29, 1.82) is 0 Å². The molecule has 4 fully saturated rings. The first-order valence-electron chi connectivity index (χ1n) is 8.85. The van der Waals surface area contributed by atoms with E-state index in [4.69, 9.17) is 0 Å². The fraction of sp³-hybridized carbons (Fsp3) is 0.895. The molecule has 3 nitrogen and oxygen atoms in total. The van der Waals surface area contributed by atoms with Gasteiger partial charge in [0.1, 0.15) is 5.78 Å². The molecule has 4 saturated carbocycles. The SMILES string of the molecule is CC(=O)C12CCC(C(=O)NC3C(C)(C)CC3(C)C)(CC1)CC2. The number of Topliss-reactive ketones (excluding diaryl/α,β-unsaturated/α-hetero) is 1. The standard InChI is InChI=1S/C19H31NO2/c1-13(21)18-6-9-19(10-7-18,11-8-18)15(22)20-14-16(2,3)12-17(14,4)5/h14H,6-12H2,1-5H3,(H,20,22). The van der Waals surface area contributed by atoms with Gasteiger partial charge >= 0.3 is 0 Å². The fourth-order valence-electron chi connectivity index (χ4n) is 6.03. The minimum absolute atomic E-state index is 0.100. The number of carbonyl (C=O) groups is 2. The second kappa shape index (κ2) is 4.58. The number of amides is 1. The first-order valence-corrected chi connectivity index (χ1v) is 8.85. The van der Waals surface area contributed by atoms with E-state index in [0.717, 1.165) is 44.9 Å². The van der Waals surface area contributed by atoms with Crippen molar-refractivity contribution >= 4 is 11.7 Å². The number of hydrogen-bond donors (Lipinski definition) is 1. The Bertz CT molecular complexity index is 479. The van der Waals surface area contributed by atoms with Crippen molar-refractivity contribution in [3.05, 3.63) is 0 Å². The van der Waals surface area contributed by atoms with Crippen LogP contribution in [0.3, 0.4) is 0 Å². The van der Waals surface area contributed by atoms with Gasteiger partial charge in [-0.15, -0.1) is 0 Å². The smallest absolute Gasteiger partial charge is 0.226 e. The molecule has 0 radical (unpaired) electrons. The summed E-state index contributed by atoms with van der Waals surface area (Å²) in [7, 11) is 0. The second-order valence-corrected chi connectivity index (χ2v) is 9.68. The van der Waals surface area contributed by atoms with Gasteiger partial charge in [0.25, 0.3) is 0 Å². The summed E-state index contributed by atoms with van der Waals surface area (Å²) < 4.78 is 0. The maximum absolute atomic E-state index is 13.0. The van der Waals surface area contributed by atoms with E-state index in [1.165, 1.54) is 0 Å². The molecule has 0 aromatic heterocycles. The van der Waals surface area contributed by atoms with Crippen LogP contribution in [0.5, 0.6) is 0 Å². The predicted octanol–water partition coefficient (Wildman–Crippen LogP) is 3.86. The van der Waals surface area contributed by atoms with Gasteiger partial charge in [0, 0.05) is 16.9 Å². The van der Waals surface area contributed by atoms with Gasteiger partial charge in [0.2, 0.25) is 5.91 Å². The summed E-state index contributed by atoms with van der Waals surface area (Å²) in [5.74, 6) is 0.595. The van der Waals surface area contributed by atoms with Crippen molar-refractivity contribution in [2.45, 2.75) is 85.6 Å². The second-order valence-electron chi connectivity index (χ2n) is 9.68. The lowest BCUT2D eigenvalue weighted by Gasteiger charge is -2.59. The molecule has 4 aliphatic rings. The van der Waals surface area contributed by atoms with Crippen LogP contribution in [0.15, 0.2) is 0 Å². The van der Waals surface area contributed by atoms with Gasteiger partial charge in [-0.25, -0.2) is 0 Å². The van der Waals surface area contributed by atoms with Crippen molar-refractivity contribution in [2.24, 2.45) is 21.7 Å². The van der Waals surface area contributed by atoms with Crippen LogP contribution in [0.25, 0.3) is 0 Å². The average molecular weight is 305 g/mol. The Morgan fingerprint density at radius 1 is 0.818 bits per heavy atom. The Kier molecular flexibility index (Phi) is 3.33. The highest BCUT2D eigenvalue weighted by Crippen LogP contribution is 2.58. The van der Waals surface area contributed by atoms with E-state index in [2.05, 4.69) is 33.0 Å². The molecular weight excluding hydrogens is 274 g/mol. The molecule has 0 spiro atoms.